The third kappa shape index (κ3) is 3.40. The molecule has 23 heavy (non-hydrogen) atoms. The third-order valence-corrected chi connectivity index (χ3v) is 4.43. The smallest absolute Gasteiger partial charge is 0.276 e. The summed E-state index contributed by atoms with van der Waals surface area (Å²) in [5, 5.41) is 8.94. The van der Waals surface area contributed by atoms with Gasteiger partial charge in [0.25, 0.3) is 5.91 Å². The molecule has 3 heterocycles. The highest BCUT2D eigenvalue weighted by molar-refractivity contribution is 6.33. The van der Waals surface area contributed by atoms with Gasteiger partial charge in [0.2, 0.25) is 0 Å². The summed E-state index contributed by atoms with van der Waals surface area (Å²) in [5.74, 6) is -0.0900. The van der Waals surface area contributed by atoms with Gasteiger partial charge in [0.1, 0.15) is 0 Å². The molecule has 0 radical (unpaired) electrons. The molecule has 0 unspecified atom stereocenters. The molecule has 2 aromatic heterocycles. The van der Waals surface area contributed by atoms with E-state index in [0.29, 0.717) is 23.8 Å². The summed E-state index contributed by atoms with van der Waals surface area (Å²) in [5.41, 5.74) is 2.64. The minimum atomic E-state index is -0.0900. The second kappa shape index (κ2) is 6.33. The fourth-order valence-electron chi connectivity index (χ4n) is 2.91. The number of nitrogens with zero attached hydrogens (tertiary/aromatic N) is 6. The van der Waals surface area contributed by atoms with Gasteiger partial charge in [0.15, 0.2) is 5.69 Å². The van der Waals surface area contributed by atoms with E-state index < -0.39 is 0 Å². The molecule has 8 heteroatoms. The van der Waals surface area contributed by atoms with Crippen LogP contribution in [0.25, 0.3) is 0 Å². The van der Waals surface area contributed by atoms with Gasteiger partial charge in [-0.1, -0.05) is 11.6 Å². The molecule has 124 valence electrons. The Bertz CT molecular complexity index is 714. The van der Waals surface area contributed by atoms with Crippen molar-refractivity contribution in [3.8, 4) is 0 Å². The highest BCUT2D eigenvalue weighted by Gasteiger charge is 2.26. The van der Waals surface area contributed by atoms with E-state index in [1.807, 2.05) is 23.6 Å². The van der Waals surface area contributed by atoms with Crippen LogP contribution in [0.1, 0.15) is 21.7 Å². The second-order valence-corrected chi connectivity index (χ2v) is 6.39. The highest BCUT2D eigenvalue weighted by atomic mass is 35.5. The van der Waals surface area contributed by atoms with E-state index in [0.717, 1.165) is 25.3 Å². The van der Waals surface area contributed by atoms with Crippen LogP contribution in [-0.4, -0.2) is 61.4 Å². The van der Waals surface area contributed by atoms with Crippen molar-refractivity contribution in [1.29, 1.82) is 0 Å². The topological polar surface area (TPSA) is 59.2 Å². The zero-order valence-corrected chi connectivity index (χ0v) is 14.4. The predicted octanol–water partition coefficient (Wildman–Crippen LogP) is 1.07. The molecular formula is C15H21ClN6O. The van der Waals surface area contributed by atoms with Gasteiger partial charge < -0.3 is 4.90 Å². The van der Waals surface area contributed by atoms with Crippen molar-refractivity contribution in [2.24, 2.45) is 14.1 Å². The maximum absolute atomic E-state index is 12.5. The zero-order chi connectivity index (χ0) is 16.6. The molecule has 0 aromatic carbocycles. The van der Waals surface area contributed by atoms with Crippen LogP contribution < -0.4 is 0 Å². The molecule has 0 spiro atoms. The summed E-state index contributed by atoms with van der Waals surface area (Å²) in [7, 11) is 3.69. The minimum absolute atomic E-state index is 0.0900. The Kier molecular flexibility index (Phi) is 4.41. The molecule has 0 aliphatic carbocycles. The fourth-order valence-corrected chi connectivity index (χ4v) is 3.17. The van der Waals surface area contributed by atoms with Gasteiger partial charge in [-0.15, -0.1) is 0 Å². The Morgan fingerprint density at radius 2 is 1.78 bits per heavy atom. The van der Waals surface area contributed by atoms with E-state index in [2.05, 4.69) is 21.3 Å². The lowest BCUT2D eigenvalue weighted by molar-refractivity contribution is 0.0622. The van der Waals surface area contributed by atoms with Crippen molar-refractivity contribution in [3.63, 3.8) is 0 Å². The largest absolute Gasteiger partial charge is 0.335 e. The van der Waals surface area contributed by atoms with E-state index in [1.54, 1.807) is 17.9 Å². The van der Waals surface area contributed by atoms with E-state index in [9.17, 15) is 4.79 Å². The molecule has 2 aromatic rings. The predicted molar refractivity (Wildman–Crippen MR) is 87.3 cm³/mol. The first kappa shape index (κ1) is 16.0. The standard InChI is InChI=1S/C15H21ClN6O/c1-11-12(8-19(2)17-11)9-21-4-6-22(7-5-21)15(23)14-13(16)10-20(3)18-14/h8,10H,4-7,9H2,1-3H3. The molecule has 1 saturated heterocycles. The molecule has 0 saturated carbocycles. The van der Waals surface area contributed by atoms with Crippen molar-refractivity contribution in [2.75, 3.05) is 26.2 Å². The lowest BCUT2D eigenvalue weighted by atomic mass is 10.2. The second-order valence-electron chi connectivity index (χ2n) is 5.98. The Balaban J connectivity index is 1.59. The van der Waals surface area contributed by atoms with E-state index >= 15 is 0 Å². The van der Waals surface area contributed by atoms with E-state index in [4.69, 9.17) is 11.6 Å². The number of halogens is 1. The number of aromatic nitrogens is 4. The number of aryl methyl sites for hydroxylation is 3. The number of piperazine rings is 1. The van der Waals surface area contributed by atoms with Crippen molar-refractivity contribution in [2.45, 2.75) is 13.5 Å². The number of hydrogen-bond donors (Lipinski definition) is 0. The van der Waals surface area contributed by atoms with Gasteiger partial charge in [-0.3, -0.25) is 19.1 Å². The van der Waals surface area contributed by atoms with Crippen molar-refractivity contribution in [1.82, 2.24) is 29.4 Å². The Morgan fingerprint density at radius 3 is 2.30 bits per heavy atom. The normalized spacial score (nSPS) is 16.1. The van der Waals surface area contributed by atoms with Gasteiger partial charge >= 0.3 is 0 Å². The van der Waals surface area contributed by atoms with Gasteiger partial charge in [-0.25, -0.2) is 0 Å². The Hall–Kier alpha value is -1.86. The van der Waals surface area contributed by atoms with Crippen LogP contribution >= 0.6 is 11.6 Å². The van der Waals surface area contributed by atoms with Crippen LogP contribution in [0.4, 0.5) is 0 Å². The first-order valence-corrected chi connectivity index (χ1v) is 8.01. The van der Waals surface area contributed by atoms with Crippen LogP contribution in [-0.2, 0) is 20.6 Å². The molecule has 7 nitrogen and oxygen atoms in total. The quantitative estimate of drug-likeness (QED) is 0.841. The lowest BCUT2D eigenvalue weighted by Gasteiger charge is -2.34. The minimum Gasteiger partial charge on any atom is -0.335 e. The number of amides is 1. The molecular weight excluding hydrogens is 316 g/mol. The molecule has 0 N–H and O–H groups in total. The Morgan fingerprint density at radius 1 is 1.13 bits per heavy atom. The van der Waals surface area contributed by atoms with Crippen molar-refractivity contribution < 1.29 is 4.79 Å². The number of carbonyl (C=O) groups excluding carboxylic acids is 1. The van der Waals surface area contributed by atoms with E-state index in [-0.39, 0.29) is 5.91 Å². The van der Waals surface area contributed by atoms with Gasteiger partial charge in [-0.05, 0) is 6.92 Å². The summed E-state index contributed by atoms with van der Waals surface area (Å²) in [6.07, 6.45) is 3.71. The maximum atomic E-state index is 12.5. The van der Waals surface area contributed by atoms with Crippen LogP contribution in [0.2, 0.25) is 5.02 Å². The molecule has 3 rings (SSSR count). The molecule has 0 bridgehead atoms. The zero-order valence-electron chi connectivity index (χ0n) is 13.7. The van der Waals surface area contributed by atoms with Crippen LogP contribution in [0.15, 0.2) is 12.4 Å². The summed E-state index contributed by atoms with van der Waals surface area (Å²) in [6.45, 7) is 5.94. The maximum Gasteiger partial charge on any atom is 0.276 e. The van der Waals surface area contributed by atoms with Gasteiger partial charge in [0, 0.05) is 64.8 Å². The first-order chi connectivity index (χ1) is 10.9. The van der Waals surface area contributed by atoms with Gasteiger partial charge in [0.05, 0.1) is 10.7 Å². The summed E-state index contributed by atoms with van der Waals surface area (Å²) in [6, 6.07) is 0. The third-order valence-electron chi connectivity index (χ3n) is 4.16. The Labute approximate surface area is 140 Å². The number of rotatable bonds is 3. The number of carbonyl (C=O) groups is 1. The van der Waals surface area contributed by atoms with Gasteiger partial charge in [-0.2, -0.15) is 10.2 Å². The molecule has 1 aliphatic heterocycles. The van der Waals surface area contributed by atoms with Crippen molar-refractivity contribution in [3.05, 3.63) is 34.4 Å². The van der Waals surface area contributed by atoms with Crippen LogP contribution in [0.3, 0.4) is 0 Å². The fraction of sp³-hybridized carbons (Fsp3) is 0.533. The van der Waals surface area contributed by atoms with Crippen molar-refractivity contribution >= 4 is 17.5 Å². The molecule has 0 atom stereocenters. The van der Waals surface area contributed by atoms with Crippen LogP contribution in [0, 0.1) is 6.92 Å². The summed E-state index contributed by atoms with van der Waals surface area (Å²) < 4.78 is 3.41. The molecule has 1 fully saturated rings. The average Bonchev–Trinajstić information content (AvgIpc) is 3.00. The van der Waals surface area contributed by atoms with Crippen LogP contribution in [0.5, 0.6) is 0 Å². The first-order valence-electron chi connectivity index (χ1n) is 7.64. The summed E-state index contributed by atoms with van der Waals surface area (Å²) >= 11 is 6.06. The molecule has 1 aliphatic rings. The number of hydrogen-bond acceptors (Lipinski definition) is 4. The summed E-state index contributed by atoms with van der Waals surface area (Å²) in [4.78, 5) is 16.7. The molecule has 1 amide bonds. The highest BCUT2D eigenvalue weighted by Crippen LogP contribution is 2.17. The monoisotopic (exact) mass is 336 g/mol. The SMILES string of the molecule is Cc1nn(C)cc1CN1CCN(C(=O)c2nn(C)cc2Cl)CC1. The lowest BCUT2D eigenvalue weighted by Crippen LogP contribution is -2.48. The van der Waals surface area contributed by atoms with E-state index in [1.165, 1.54) is 5.56 Å². The average molecular weight is 337 g/mol.